The summed E-state index contributed by atoms with van der Waals surface area (Å²) in [7, 11) is 1.87. The van der Waals surface area contributed by atoms with Crippen molar-refractivity contribution in [2.75, 3.05) is 17.7 Å². The van der Waals surface area contributed by atoms with E-state index in [0.29, 0.717) is 10.8 Å². The molecule has 0 saturated heterocycles. The van der Waals surface area contributed by atoms with Crippen LogP contribution in [0.3, 0.4) is 0 Å². The minimum atomic E-state index is 0.559. The van der Waals surface area contributed by atoms with Gasteiger partial charge in [-0.05, 0) is 29.8 Å². The van der Waals surface area contributed by atoms with Gasteiger partial charge in [0.2, 0.25) is 0 Å². The molecule has 0 radical (unpaired) electrons. The Morgan fingerprint density at radius 1 is 0.846 bits per heavy atom. The van der Waals surface area contributed by atoms with Crippen LogP contribution in [0, 0.1) is 0 Å². The van der Waals surface area contributed by atoms with Gasteiger partial charge in [0.15, 0.2) is 0 Å². The Hall–Kier alpha value is -3.25. The van der Waals surface area contributed by atoms with Gasteiger partial charge in [0.1, 0.15) is 12.1 Å². The smallest absolute Gasteiger partial charge is 0.141 e. The molecule has 0 aliphatic carbocycles. The maximum Gasteiger partial charge on any atom is 0.141 e. The highest BCUT2D eigenvalue weighted by Gasteiger charge is 2.08. The first-order chi connectivity index (χ1) is 12.7. The monoisotopic (exact) mass is 362 g/mol. The number of halogens is 1. The fraction of sp³-hybridized carbons (Fsp3) is 0.0526. The lowest BCUT2D eigenvalue weighted by Crippen LogP contribution is -1.97. The lowest BCUT2D eigenvalue weighted by atomic mass is 10.0. The molecule has 7 heteroatoms. The molecule has 6 nitrogen and oxygen atoms in total. The Labute approximate surface area is 155 Å². The van der Waals surface area contributed by atoms with Crippen molar-refractivity contribution in [2.24, 2.45) is 0 Å². The van der Waals surface area contributed by atoms with E-state index in [-0.39, 0.29) is 0 Å². The van der Waals surface area contributed by atoms with Crippen LogP contribution >= 0.6 is 11.6 Å². The molecule has 4 aromatic rings. The predicted molar refractivity (Wildman–Crippen MR) is 105 cm³/mol. The molecule has 0 spiro atoms. The zero-order chi connectivity index (χ0) is 17.9. The quantitative estimate of drug-likeness (QED) is 0.555. The Morgan fingerprint density at radius 2 is 1.69 bits per heavy atom. The molecule has 0 atom stereocenters. The standard InChI is InChI=1S/C19H15ClN6/c1-21-15-4-13(7-22-9-15)12-2-3-18-17(5-12)19(25-11-24-18)26-16-6-14(20)8-23-10-16/h2-11,21H,1H3,(H,24,25,26). The van der Waals surface area contributed by atoms with E-state index in [1.807, 2.05) is 37.5 Å². The molecule has 0 aliphatic heterocycles. The van der Waals surface area contributed by atoms with Crippen molar-refractivity contribution in [1.82, 2.24) is 19.9 Å². The van der Waals surface area contributed by atoms with Gasteiger partial charge in [-0.15, -0.1) is 0 Å². The second-order valence-corrected chi connectivity index (χ2v) is 6.12. The fourth-order valence-corrected chi connectivity index (χ4v) is 2.86. The number of nitrogens with one attached hydrogen (secondary N) is 2. The molecule has 0 bridgehead atoms. The number of rotatable bonds is 4. The van der Waals surface area contributed by atoms with Gasteiger partial charge in [0.25, 0.3) is 0 Å². The molecule has 26 heavy (non-hydrogen) atoms. The van der Waals surface area contributed by atoms with E-state index < -0.39 is 0 Å². The Bertz CT molecular complexity index is 1080. The molecule has 3 aromatic heterocycles. The van der Waals surface area contributed by atoms with Gasteiger partial charge in [-0.1, -0.05) is 17.7 Å². The average Bonchev–Trinajstić information content (AvgIpc) is 2.68. The summed E-state index contributed by atoms with van der Waals surface area (Å²) < 4.78 is 0. The number of anilines is 3. The second kappa shape index (κ2) is 6.93. The molecule has 1 aromatic carbocycles. The molecule has 0 fully saturated rings. The summed E-state index contributed by atoms with van der Waals surface area (Å²) in [5, 5.41) is 7.83. The highest BCUT2D eigenvalue weighted by Crippen LogP contribution is 2.29. The van der Waals surface area contributed by atoms with Crippen LogP contribution in [0.25, 0.3) is 22.0 Å². The van der Waals surface area contributed by atoms with Gasteiger partial charge >= 0.3 is 0 Å². The second-order valence-electron chi connectivity index (χ2n) is 5.68. The maximum atomic E-state index is 6.01. The third-order valence-electron chi connectivity index (χ3n) is 3.96. The summed E-state index contributed by atoms with van der Waals surface area (Å²) in [6.45, 7) is 0. The highest BCUT2D eigenvalue weighted by molar-refractivity contribution is 6.30. The third-order valence-corrected chi connectivity index (χ3v) is 4.17. The molecular formula is C19H15ClN6. The average molecular weight is 363 g/mol. The van der Waals surface area contributed by atoms with E-state index in [0.717, 1.165) is 33.4 Å². The van der Waals surface area contributed by atoms with Crippen molar-refractivity contribution in [2.45, 2.75) is 0 Å². The van der Waals surface area contributed by atoms with Crippen molar-refractivity contribution >= 4 is 39.7 Å². The van der Waals surface area contributed by atoms with Crippen LogP contribution in [0.1, 0.15) is 0 Å². The lowest BCUT2D eigenvalue weighted by Gasteiger charge is -2.10. The van der Waals surface area contributed by atoms with Crippen LogP contribution in [0.15, 0.2) is 61.4 Å². The van der Waals surface area contributed by atoms with E-state index in [1.165, 1.54) is 6.33 Å². The summed E-state index contributed by atoms with van der Waals surface area (Å²) in [5.41, 5.74) is 4.61. The number of nitrogens with zero attached hydrogens (tertiary/aromatic N) is 4. The number of hydrogen-bond acceptors (Lipinski definition) is 6. The molecule has 128 valence electrons. The van der Waals surface area contributed by atoms with Crippen LogP contribution in [0.4, 0.5) is 17.2 Å². The van der Waals surface area contributed by atoms with Gasteiger partial charge in [-0.2, -0.15) is 0 Å². The van der Waals surface area contributed by atoms with Gasteiger partial charge in [-0.25, -0.2) is 9.97 Å². The topological polar surface area (TPSA) is 75.6 Å². The zero-order valence-electron chi connectivity index (χ0n) is 13.9. The number of pyridine rings is 2. The predicted octanol–water partition coefficient (Wildman–Crippen LogP) is 4.53. The first kappa shape index (κ1) is 16.2. The van der Waals surface area contributed by atoms with E-state index in [1.54, 1.807) is 24.7 Å². The molecule has 0 unspecified atom stereocenters. The summed E-state index contributed by atoms with van der Waals surface area (Å²) in [4.78, 5) is 17.1. The zero-order valence-corrected chi connectivity index (χ0v) is 14.7. The third kappa shape index (κ3) is 3.27. The molecule has 3 heterocycles. The van der Waals surface area contributed by atoms with Crippen molar-refractivity contribution < 1.29 is 0 Å². The van der Waals surface area contributed by atoms with E-state index in [2.05, 4.69) is 30.6 Å². The molecule has 0 saturated carbocycles. The Kier molecular flexibility index (Phi) is 4.33. The minimum absolute atomic E-state index is 0.559. The largest absolute Gasteiger partial charge is 0.387 e. The number of aromatic nitrogens is 4. The minimum Gasteiger partial charge on any atom is -0.387 e. The lowest BCUT2D eigenvalue weighted by molar-refractivity contribution is 1.21. The van der Waals surface area contributed by atoms with Gasteiger partial charge in [0.05, 0.1) is 28.1 Å². The van der Waals surface area contributed by atoms with Gasteiger partial charge < -0.3 is 10.6 Å². The molecular weight excluding hydrogens is 348 g/mol. The number of fused-ring (bicyclic) bond motifs is 1. The molecule has 4 rings (SSSR count). The molecule has 0 aliphatic rings. The fourth-order valence-electron chi connectivity index (χ4n) is 2.69. The Balaban J connectivity index is 1.79. The maximum absolute atomic E-state index is 6.01. The molecule has 0 amide bonds. The number of hydrogen-bond donors (Lipinski definition) is 2. The van der Waals surface area contributed by atoms with Crippen LogP contribution in [-0.2, 0) is 0 Å². The Morgan fingerprint density at radius 3 is 2.54 bits per heavy atom. The SMILES string of the molecule is CNc1cncc(-c2ccc3ncnc(Nc4cncc(Cl)c4)c3c2)c1. The summed E-state index contributed by atoms with van der Waals surface area (Å²) >= 11 is 6.01. The van der Waals surface area contributed by atoms with E-state index >= 15 is 0 Å². The first-order valence-electron chi connectivity index (χ1n) is 7.98. The summed E-state index contributed by atoms with van der Waals surface area (Å²) in [5.74, 6) is 0.693. The normalized spacial score (nSPS) is 10.7. The van der Waals surface area contributed by atoms with Crippen molar-refractivity contribution in [3.8, 4) is 11.1 Å². The van der Waals surface area contributed by atoms with Crippen molar-refractivity contribution in [3.05, 3.63) is 66.5 Å². The van der Waals surface area contributed by atoms with Crippen LogP contribution < -0.4 is 10.6 Å². The van der Waals surface area contributed by atoms with Gasteiger partial charge in [0, 0.05) is 36.6 Å². The first-order valence-corrected chi connectivity index (χ1v) is 8.36. The van der Waals surface area contributed by atoms with Crippen molar-refractivity contribution in [1.29, 1.82) is 0 Å². The van der Waals surface area contributed by atoms with Gasteiger partial charge in [-0.3, -0.25) is 9.97 Å². The summed E-state index contributed by atoms with van der Waals surface area (Å²) in [6, 6.07) is 9.89. The van der Waals surface area contributed by atoms with Crippen molar-refractivity contribution in [3.63, 3.8) is 0 Å². The van der Waals surface area contributed by atoms with Crippen LogP contribution in [-0.4, -0.2) is 27.0 Å². The van der Waals surface area contributed by atoms with Crippen LogP contribution in [0.2, 0.25) is 5.02 Å². The van der Waals surface area contributed by atoms with Crippen LogP contribution in [0.5, 0.6) is 0 Å². The van der Waals surface area contributed by atoms with E-state index in [4.69, 9.17) is 11.6 Å². The van der Waals surface area contributed by atoms with E-state index in [9.17, 15) is 0 Å². The highest BCUT2D eigenvalue weighted by atomic mass is 35.5. The molecule has 2 N–H and O–H groups in total. The summed E-state index contributed by atoms with van der Waals surface area (Å²) in [6.07, 6.45) is 8.44. The number of benzene rings is 1.